The van der Waals surface area contributed by atoms with E-state index in [1.54, 1.807) is 7.05 Å². The van der Waals surface area contributed by atoms with Crippen LogP contribution in [0.1, 0.15) is 12.8 Å². The average molecular weight is 281 g/mol. The van der Waals surface area contributed by atoms with E-state index in [1.165, 1.54) is 17.7 Å². The van der Waals surface area contributed by atoms with Crippen molar-refractivity contribution < 1.29 is 9.90 Å². The minimum atomic E-state index is -0.783. The molecule has 0 aromatic heterocycles. The molecule has 0 radical (unpaired) electrons. The van der Waals surface area contributed by atoms with Gasteiger partial charge in [0.05, 0.1) is 0 Å². The molecule has 0 saturated heterocycles. The molecule has 3 saturated carbocycles. The molecule has 1 N–H and O–H groups in total. The second-order valence-electron chi connectivity index (χ2n) is 3.82. The minimum Gasteiger partial charge on any atom is -0.465 e. The van der Waals surface area contributed by atoms with Crippen molar-refractivity contribution in [1.82, 2.24) is 4.90 Å². The Morgan fingerprint density at radius 1 is 1.50 bits per heavy atom. The van der Waals surface area contributed by atoms with Crippen molar-refractivity contribution in [3.63, 3.8) is 0 Å². The molecular weight excluding hydrogens is 269 g/mol. The van der Waals surface area contributed by atoms with E-state index in [0.29, 0.717) is 9.84 Å². The fourth-order valence-corrected chi connectivity index (χ4v) is 4.10. The van der Waals surface area contributed by atoms with Gasteiger partial charge in [-0.05, 0) is 24.7 Å². The number of rotatable bonds is 1. The third-order valence-corrected chi connectivity index (χ3v) is 4.97. The summed E-state index contributed by atoms with van der Waals surface area (Å²) in [4.78, 5) is 12.2. The number of halogens is 1. The monoisotopic (exact) mass is 281 g/mol. The highest BCUT2D eigenvalue weighted by Gasteiger charge is 2.53. The molecule has 0 aliphatic heterocycles. The Morgan fingerprint density at radius 3 is 2.42 bits per heavy atom. The molecule has 3 aliphatic rings. The molecule has 0 spiro atoms. The Morgan fingerprint density at radius 2 is 2.08 bits per heavy atom. The minimum absolute atomic E-state index is 0.285. The number of carboxylic acid groups (broad SMARTS) is 1. The number of nitrogens with zero attached hydrogens (tertiary/aromatic N) is 1. The van der Waals surface area contributed by atoms with Crippen LogP contribution in [0.15, 0.2) is 0 Å². The highest BCUT2D eigenvalue weighted by atomic mass is 127. The number of hydrogen-bond donors (Lipinski definition) is 1. The van der Waals surface area contributed by atoms with Crippen molar-refractivity contribution in [2.24, 2.45) is 11.8 Å². The summed E-state index contributed by atoms with van der Waals surface area (Å²) in [7, 11) is 1.69. The van der Waals surface area contributed by atoms with Crippen molar-refractivity contribution in [3.8, 4) is 0 Å². The first-order valence-electron chi connectivity index (χ1n) is 4.21. The number of hydrogen-bond acceptors (Lipinski definition) is 1. The summed E-state index contributed by atoms with van der Waals surface area (Å²) in [5, 5.41) is 8.82. The summed E-state index contributed by atoms with van der Waals surface area (Å²) in [5.41, 5.74) is 0. The first-order valence-corrected chi connectivity index (χ1v) is 5.45. The molecule has 3 aliphatic carbocycles. The van der Waals surface area contributed by atoms with Gasteiger partial charge in [0.1, 0.15) is 0 Å². The lowest BCUT2D eigenvalue weighted by molar-refractivity contribution is 0.128. The van der Waals surface area contributed by atoms with Crippen molar-refractivity contribution in [3.05, 3.63) is 0 Å². The number of fused-ring (bicyclic) bond motifs is 1. The zero-order valence-corrected chi connectivity index (χ0v) is 9.06. The number of carbonyl (C=O) groups is 1. The molecular formula is C8H12INO2. The zero-order chi connectivity index (χ0) is 8.88. The van der Waals surface area contributed by atoms with Gasteiger partial charge in [0.2, 0.25) is 0 Å². The van der Waals surface area contributed by atoms with Gasteiger partial charge in [-0.15, -0.1) is 0 Å². The van der Waals surface area contributed by atoms with E-state index < -0.39 is 6.09 Å². The quantitative estimate of drug-likeness (QED) is 0.588. The maximum Gasteiger partial charge on any atom is 0.407 e. The molecule has 2 unspecified atom stereocenters. The van der Waals surface area contributed by atoms with Crippen molar-refractivity contribution in [2.45, 2.75) is 22.8 Å². The molecule has 3 nitrogen and oxygen atoms in total. The standard InChI is InChI=1S/C8H12INO2/c1-10(8(11)12)7-5-2-4(3-5)6(7)9/h4-7H,2-3H2,1H3,(H,11,12). The van der Waals surface area contributed by atoms with E-state index in [0.717, 1.165) is 5.92 Å². The van der Waals surface area contributed by atoms with Gasteiger partial charge in [0, 0.05) is 17.0 Å². The summed E-state index contributed by atoms with van der Waals surface area (Å²) in [5.74, 6) is 1.44. The SMILES string of the molecule is CN(C(=O)O)C1C2CC(C2)C1I. The first kappa shape index (κ1) is 8.59. The fraction of sp³-hybridized carbons (Fsp3) is 0.875. The van der Waals surface area contributed by atoms with E-state index in [1.807, 2.05) is 0 Å². The lowest BCUT2D eigenvalue weighted by atomic mass is 9.84. The topological polar surface area (TPSA) is 40.5 Å². The molecule has 4 heteroatoms. The molecule has 0 aromatic rings. The highest BCUT2D eigenvalue weighted by Crippen LogP contribution is 2.53. The van der Waals surface area contributed by atoms with Crippen molar-refractivity contribution in [2.75, 3.05) is 7.05 Å². The predicted octanol–water partition coefficient (Wildman–Crippen LogP) is 1.81. The largest absolute Gasteiger partial charge is 0.465 e. The van der Waals surface area contributed by atoms with E-state index in [4.69, 9.17) is 5.11 Å². The van der Waals surface area contributed by atoms with Gasteiger partial charge < -0.3 is 10.0 Å². The fourth-order valence-electron chi connectivity index (χ4n) is 2.44. The van der Waals surface area contributed by atoms with Crippen molar-refractivity contribution in [1.29, 1.82) is 0 Å². The summed E-state index contributed by atoms with van der Waals surface area (Å²) in [6.45, 7) is 0. The molecule has 1 amide bonds. The van der Waals surface area contributed by atoms with Gasteiger partial charge in [-0.1, -0.05) is 22.6 Å². The molecule has 3 fully saturated rings. The lowest BCUT2D eigenvalue weighted by Gasteiger charge is -2.28. The third-order valence-electron chi connectivity index (χ3n) is 3.22. The Kier molecular flexibility index (Phi) is 1.97. The summed E-state index contributed by atoms with van der Waals surface area (Å²) in [6, 6.07) is 0.285. The second kappa shape index (κ2) is 2.75. The molecule has 68 valence electrons. The van der Waals surface area contributed by atoms with E-state index in [2.05, 4.69) is 22.6 Å². The first-order chi connectivity index (χ1) is 5.61. The van der Waals surface area contributed by atoms with Crippen LogP contribution in [0.5, 0.6) is 0 Å². The van der Waals surface area contributed by atoms with Crippen LogP contribution in [-0.2, 0) is 0 Å². The van der Waals surface area contributed by atoms with Gasteiger partial charge >= 0.3 is 6.09 Å². The normalized spacial score (nSPS) is 43.8. The van der Waals surface area contributed by atoms with Gasteiger partial charge in [-0.2, -0.15) is 0 Å². The molecule has 2 bridgehead atoms. The zero-order valence-electron chi connectivity index (χ0n) is 6.90. The lowest BCUT2D eigenvalue weighted by Crippen LogP contribution is -2.40. The molecule has 2 atom stereocenters. The van der Waals surface area contributed by atoms with Crippen LogP contribution in [-0.4, -0.2) is 33.1 Å². The number of alkyl halides is 1. The van der Waals surface area contributed by atoms with Crippen molar-refractivity contribution >= 4 is 28.7 Å². The molecule has 3 rings (SSSR count). The van der Waals surface area contributed by atoms with Crippen LogP contribution in [0.2, 0.25) is 0 Å². The molecule has 0 heterocycles. The Hall–Kier alpha value is 0. The maximum atomic E-state index is 10.7. The summed E-state index contributed by atoms with van der Waals surface area (Å²) in [6.07, 6.45) is 1.71. The number of amides is 1. The Bertz CT molecular complexity index is 215. The smallest absolute Gasteiger partial charge is 0.407 e. The van der Waals surface area contributed by atoms with E-state index in [9.17, 15) is 4.79 Å². The van der Waals surface area contributed by atoms with Gasteiger partial charge in [0.25, 0.3) is 0 Å². The van der Waals surface area contributed by atoms with Crippen LogP contribution in [0.3, 0.4) is 0 Å². The Balaban J connectivity index is 2.09. The van der Waals surface area contributed by atoms with E-state index >= 15 is 0 Å². The van der Waals surface area contributed by atoms with Crippen LogP contribution in [0.25, 0.3) is 0 Å². The van der Waals surface area contributed by atoms with Crippen LogP contribution in [0.4, 0.5) is 4.79 Å². The third kappa shape index (κ3) is 1.03. The molecule has 12 heavy (non-hydrogen) atoms. The average Bonchev–Trinajstić information content (AvgIpc) is 2.36. The van der Waals surface area contributed by atoms with Crippen LogP contribution < -0.4 is 0 Å². The van der Waals surface area contributed by atoms with E-state index in [-0.39, 0.29) is 6.04 Å². The van der Waals surface area contributed by atoms with Crippen LogP contribution >= 0.6 is 22.6 Å². The van der Waals surface area contributed by atoms with Gasteiger partial charge in [-0.3, -0.25) is 0 Å². The Labute approximate surface area is 85.3 Å². The maximum absolute atomic E-state index is 10.7. The predicted molar refractivity (Wildman–Crippen MR) is 53.6 cm³/mol. The summed E-state index contributed by atoms with van der Waals surface area (Å²) < 4.78 is 0.550. The highest BCUT2D eigenvalue weighted by molar-refractivity contribution is 14.1. The van der Waals surface area contributed by atoms with Crippen LogP contribution in [0, 0.1) is 11.8 Å². The second-order valence-corrected chi connectivity index (χ2v) is 5.26. The molecule has 0 aromatic carbocycles. The van der Waals surface area contributed by atoms with Gasteiger partial charge in [0.15, 0.2) is 0 Å². The van der Waals surface area contributed by atoms with Gasteiger partial charge in [-0.25, -0.2) is 4.79 Å². The summed E-state index contributed by atoms with van der Waals surface area (Å²) >= 11 is 2.41.